The van der Waals surface area contributed by atoms with Gasteiger partial charge in [-0.3, -0.25) is 4.79 Å². The Balaban J connectivity index is 2.27. The maximum Gasteiger partial charge on any atom is 0.257 e. The summed E-state index contributed by atoms with van der Waals surface area (Å²) in [7, 11) is 0. The van der Waals surface area contributed by atoms with Crippen LogP contribution in [0.25, 0.3) is 0 Å². The molecule has 21 heavy (non-hydrogen) atoms. The second kappa shape index (κ2) is 6.48. The Kier molecular flexibility index (Phi) is 4.68. The minimum atomic E-state index is -0.0150. The van der Waals surface area contributed by atoms with E-state index in [1.54, 1.807) is 12.3 Å². The quantitative estimate of drug-likeness (QED) is 0.856. The zero-order chi connectivity index (χ0) is 15.4. The third kappa shape index (κ3) is 3.27. The SMILES string of the molecule is CCc1occc1C(=O)N(Cc1ccccc1N)C(C)C. The Morgan fingerprint density at radius 2 is 2.00 bits per heavy atom. The summed E-state index contributed by atoms with van der Waals surface area (Å²) in [6.07, 6.45) is 2.27. The fourth-order valence-corrected chi connectivity index (χ4v) is 2.31. The number of furan rings is 1. The predicted molar refractivity (Wildman–Crippen MR) is 83.9 cm³/mol. The van der Waals surface area contributed by atoms with Crippen LogP contribution in [0.3, 0.4) is 0 Å². The van der Waals surface area contributed by atoms with Crippen LogP contribution in [0.4, 0.5) is 5.69 Å². The van der Waals surface area contributed by atoms with Gasteiger partial charge < -0.3 is 15.1 Å². The molecule has 0 fully saturated rings. The van der Waals surface area contributed by atoms with Gasteiger partial charge in [0.2, 0.25) is 0 Å². The summed E-state index contributed by atoms with van der Waals surface area (Å²) >= 11 is 0. The molecule has 0 aliphatic carbocycles. The van der Waals surface area contributed by atoms with Crippen molar-refractivity contribution in [3.63, 3.8) is 0 Å². The van der Waals surface area contributed by atoms with E-state index in [0.29, 0.717) is 24.2 Å². The molecule has 0 unspecified atom stereocenters. The van der Waals surface area contributed by atoms with Gasteiger partial charge in [-0.15, -0.1) is 0 Å². The summed E-state index contributed by atoms with van der Waals surface area (Å²) in [6, 6.07) is 9.46. The average Bonchev–Trinajstić information content (AvgIpc) is 2.93. The highest BCUT2D eigenvalue weighted by atomic mass is 16.3. The Morgan fingerprint density at radius 1 is 1.29 bits per heavy atom. The predicted octanol–water partition coefficient (Wildman–Crippen LogP) is 3.48. The number of anilines is 1. The van der Waals surface area contributed by atoms with Crippen LogP contribution in [0.15, 0.2) is 41.0 Å². The van der Waals surface area contributed by atoms with Crippen LogP contribution in [-0.2, 0) is 13.0 Å². The maximum absolute atomic E-state index is 12.8. The standard InChI is InChI=1S/C17H22N2O2/c1-4-16-14(9-10-21-16)17(20)19(12(2)3)11-13-7-5-6-8-15(13)18/h5-10,12H,4,11,18H2,1-3H3. The fourth-order valence-electron chi connectivity index (χ4n) is 2.31. The van der Waals surface area contributed by atoms with Crippen LogP contribution in [0.1, 0.15) is 42.5 Å². The van der Waals surface area contributed by atoms with Crippen molar-refractivity contribution >= 4 is 11.6 Å². The number of para-hydroxylation sites is 1. The van der Waals surface area contributed by atoms with Gasteiger partial charge in [-0.1, -0.05) is 25.1 Å². The first-order valence-corrected chi connectivity index (χ1v) is 7.25. The zero-order valence-electron chi connectivity index (χ0n) is 12.8. The van der Waals surface area contributed by atoms with Gasteiger partial charge in [-0.05, 0) is 31.5 Å². The molecule has 0 saturated carbocycles. The van der Waals surface area contributed by atoms with Crippen molar-refractivity contribution in [2.75, 3.05) is 5.73 Å². The average molecular weight is 286 g/mol. The molecule has 2 rings (SSSR count). The molecule has 0 spiro atoms. The van der Waals surface area contributed by atoms with Crippen molar-refractivity contribution < 1.29 is 9.21 Å². The number of carbonyl (C=O) groups is 1. The molecule has 4 nitrogen and oxygen atoms in total. The van der Waals surface area contributed by atoms with Crippen molar-refractivity contribution in [2.24, 2.45) is 0 Å². The van der Waals surface area contributed by atoms with Crippen LogP contribution in [0, 0.1) is 0 Å². The summed E-state index contributed by atoms with van der Waals surface area (Å²) in [6.45, 7) is 6.48. The maximum atomic E-state index is 12.8. The number of hydrogen-bond donors (Lipinski definition) is 1. The van der Waals surface area contributed by atoms with Crippen molar-refractivity contribution in [2.45, 2.75) is 39.8 Å². The first kappa shape index (κ1) is 15.2. The van der Waals surface area contributed by atoms with E-state index in [-0.39, 0.29) is 11.9 Å². The molecule has 4 heteroatoms. The number of nitrogen functional groups attached to an aromatic ring is 1. The van der Waals surface area contributed by atoms with E-state index < -0.39 is 0 Å². The molecular formula is C17H22N2O2. The Labute approximate surface area is 125 Å². The van der Waals surface area contributed by atoms with E-state index in [1.807, 2.05) is 49.9 Å². The molecule has 2 aromatic rings. The number of benzene rings is 1. The number of nitrogens with zero attached hydrogens (tertiary/aromatic N) is 1. The lowest BCUT2D eigenvalue weighted by Gasteiger charge is -2.27. The highest BCUT2D eigenvalue weighted by molar-refractivity contribution is 5.95. The van der Waals surface area contributed by atoms with Crippen molar-refractivity contribution in [3.8, 4) is 0 Å². The molecule has 1 heterocycles. The number of hydrogen-bond acceptors (Lipinski definition) is 3. The molecule has 0 radical (unpaired) electrons. The summed E-state index contributed by atoms with van der Waals surface area (Å²) in [5.74, 6) is 0.713. The van der Waals surface area contributed by atoms with Crippen LogP contribution in [0.5, 0.6) is 0 Å². The van der Waals surface area contributed by atoms with Crippen LogP contribution in [-0.4, -0.2) is 16.8 Å². The molecule has 1 aromatic carbocycles. The number of carbonyl (C=O) groups excluding carboxylic acids is 1. The minimum absolute atomic E-state index is 0.0150. The first-order chi connectivity index (χ1) is 10.0. The van der Waals surface area contributed by atoms with E-state index in [0.717, 1.165) is 11.3 Å². The van der Waals surface area contributed by atoms with Crippen LogP contribution in [0.2, 0.25) is 0 Å². The van der Waals surface area contributed by atoms with Crippen molar-refractivity contribution in [3.05, 3.63) is 53.5 Å². The largest absolute Gasteiger partial charge is 0.469 e. The summed E-state index contributed by atoms with van der Waals surface area (Å²) in [5, 5.41) is 0. The number of rotatable bonds is 5. The van der Waals surface area contributed by atoms with Crippen molar-refractivity contribution in [1.29, 1.82) is 0 Å². The monoisotopic (exact) mass is 286 g/mol. The van der Waals surface area contributed by atoms with Gasteiger partial charge in [-0.2, -0.15) is 0 Å². The highest BCUT2D eigenvalue weighted by Crippen LogP contribution is 2.20. The number of aryl methyl sites for hydroxylation is 1. The Bertz CT molecular complexity index is 617. The first-order valence-electron chi connectivity index (χ1n) is 7.25. The van der Waals surface area contributed by atoms with Crippen LogP contribution >= 0.6 is 0 Å². The summed E-state index contributed by atoms with van der Waals surface area (Å²) in [4.78, 5) is 14.6. The van der Waals surface area contributed by atoms with Gasteiger partial charge in [0.15, 0.2) is 0 Å². The van der Waals surface area contributed by atoms with Crippen molar-refractivity contribution in [1.82, 2.24) is 4.90 Å². The molecule has 0 aliphatic rings. The van der Waals surface area contributed by atoms with Gasteiger partial charge >= 0.3 is 0 Å². The second-order valence-corrected chi connectivity index (χ2v) is 5.34. The molecule has 2 N–H and O–H groups in total. The lowest BCUT2D eigenvalue weighted by atomic mass is 10.1. The molecule has 0 saturated heterocycles. The number of amides is 1. The normalized spacial score (nSPS) is 10.9. The molecule has 1 aromatic heterocycles. The smallest absolute Gasteiger partial charge is 0.257 e. The van der Waals surface area contributed by atoms with E-state index >= 15 is 0 Å². The molecule has 0 bridgehead atoms. The lowest BCUT2D eigenvalue weighted by molar-refractivity contribution is 0.0688. The van der Waals surface area contributed by atoms with E-state index in [2.05, 4.69) is 0 Å². The van der Waals surface area contributed by atoms with Crippen LogP contribution < -0.4 is 5.73 Å². The molecule has 112 valence electrons. The molecular weight excluding hydrogens is 264 g/mol. The lowest BCUT2D eigenvalue weighted by Crippen LogP contribution is -2.36. The van der Waals surface area contributed by atoms with Gasteiger partial charge in [0.1, 0.15) is 5.76 Å². The zero-order valence-corrected chi connectivity index (χ0v) is 12.8. The minimum Gasteiger partial charge on any atom is -0.469 e. The molecule has 0 aliphatic heterocycles. The third-order valence-corrected chi connectivity index (χ3v) is 3.58. The van der Waals surface area contributed by atoms with Gasteiger partial charge in [-0.25, -0.2) is 0 Å². The van der Waals surface area contributed by atoms with Gasteiger partial charge in [0.05, 0.1) is 11.8 Å². The summed E-state index contributed by atoms with van der Waals surface area (Å²) in [5.41, 5.74) is 8.29. The van der Waals surface area contributed by atoms with Gasteiger partial charge in [0.25, 0.3) is 5.91 Å². The fraction of sp³-hybridized carbons (Fsp3) is 0.353. The van der Waals surface area contributed by atoms with E-state index in [9.17, 15) is 4.79 Å². The van der Waals surface area contributed by atoms with E-state index in [4.69, 9.17) is 10.2 Å². The van der Waals surface area contributed by atoms with E-state index in [1.165, 1.54) is 0 Å². The molecule has 0 atom stereocenters. The highest BCUT2D eigenvalue weighted by Gasteiger charge is 2.23. The third-order valence-electron chi connectivity index (χ3n) is 3.58. The number of nitrogens with two attached hydrogens (primary N) is 1. The Hall–Kier alpha value is -2.23. The second-order valence-electron chi connectivity index (χ2n) is 5.34. The topological polar surface area (TPSA) is 59.5 Å². The van der Waals surface area contributed by atoms with Gasteiger partial charge in [0, 0.05) is 24.7 Å². The molecule has 1 amide bonds. The summed E-state index contributed by atoms with van der Waals surface area (Å²) < 4.78 is 5.37. The Morgan fingerprint density at radius 3 is 2.62 bits per heavy atom.